The Kier molecular flexibility index (Phi) is 4.53. The summed E-state index contributed by atoms with van der Waals surface area (Å²) in [7, 11) is 0. The highest BCUT2D eigenvalue weighted by atomic mass is 19.3. The Morgan fingerprint density at radius 2 is 2.20 bits per heavy atom. The second-order valence-electron chi connectivity index (χ2n) is 8.06. The molecule has 2 aliphatic heterocycles. The molecule has 3 unspecified atom stereocenters. The molecule has 2 bridgehead atoms. The van der Waals surface area contributed by atoms with Crippen LogP contribution in [0, 0.1) is 5.92 Å². The number of rotatable bonds is 6. The zero-order valence-electron chi connectivity index (χ0n) is 16.2. The molecular weight excluding hydrogens is 394 g/mol. The summed E-state index contributed by atoms with van der Waals surface area (Å²) in [5.41, 5.74) is 2.48. The van der Waals surface area contributed by atoms with E-state index in [1.165, 1.54) is 0 Å². The van der Waals surface area contributed by atoms with Crippen molar-refractivity contribution < 1.29 is 18.7 Å². The number of carbonyl (C=O) groups is 1. The van der Waals surface area contributed by atoms with Gasteiger partial charge in [-0.25, -0.2) is 18.7 Å². The summed E-state index contributed by atoms with van der Waals surface area (Å²) in [5.74, 6) is -3.97. The first-order valence-corrected chi connectivity index (χ1v) is 10.1. The minimum Gasteiger partial charge on any atom is -0.394 e. The number of aliphatic hydroxyl groups excluding tert-OH is 1. The first-order chi connectivity index (χ1) is 14.4. The molecule has 4 heterocycles. The van der Waals surface area contributed by atoms with E-state index in [4.69, 9.17) is 5.11 Å². The zero-order valence-corrected chi connectivity index (χ0v) is 16.2. The number of anilines is 2. The van der Waals surface area contributed by atoms with E-state index in [-0.39, 0.29) is 25.1 Å². The average Bonchev–Trinajstić information content (AvgIpc) is 3.01. The quantitative estimate of drug-likeness (QED) is 0.750. The van der Waals surface area contributed by atoms with Crippen LogP contribution in [0.2, 0.25) is 0 Å². The summed E-state index contributed by atoms with van der Waals surface area (Å²) >= 11 is 0. The maximum atomic E-state index is 13.4. The van der Waals surface area contributed by atoms with Gasteiger partial charge in [0.15, 0.2) is 0 Å². The van der Waals surface area contributed by atoms with E-state index < -0.39 is 17.7 Å². The molecule has 1 saturated carbocycles. The number of hydrogen-bond acceptors (Lipinski definition) is 6. The molecule has 3 aliphatic rings. The fourth-order valence-corrected chi connectivity index (χ4v) is 4.40. The van der Waals surface area contributed by atoms with Crippen LogP contribution in [-0.4, -0.2) is 60.3 Å². The van der Waals surface area contributed by atoms with Crippen molar-refractivity contribution in [2.24, 2.45) is 5.92 Å². The molecule has 1 amide bonds. The molecule has 1 saturated heterocycles. The van der Waals surface area contributed by atoms with Crippen LogP contribution >= 0.6 is 0 Å². The Labute approximate surface area is 171 Å². The van der Waals surface area contributed by atoms with Crippen LogP contribution in [0.3, 0.4) is 0 Å². The van der Waals surface area contributed by atoms with Gasteiger partial charge >= 0.3 is 0 Å². The van der Waals surface area contributed by atoms with Gasteiger partial charge in [0.25, 0.3) is 5.92 Å². The minimum absolute atomic E-state index is 0.00149. The molecule has 0 spiro atoms. The van der Waals surface area contributed by atoms with Gasteiger partial charge in [0.1, 0.15) is 5.92 Å². The number of aromatic nitrogens is 4. The Morgan fingerprint density at radius 3 is 2.93 bits per heavy atom. The van der Waals surface area contributed by atoms with Gasteiger partial charge in [-0.05, 0) is 30.9 Å². The largest absolute Gasteiger partial charge is 0.394 e. The number of hydrogen-bond donors (Lipinski definition) is 2. The Balaban J connectivity index is 1.32. The predicted molar refractivity (Wildman–Crippen MR) is 104 cm³/mol. The fraction of sp³-hybridized carbons (Fsp3) is 0.500. The standard InChI is InChI=1S/C20H22F2N6O2/c21-20(22)9-16(20)18(30)28-14-1-2-15(28)8-12(7-14)17-3-4-23-19(26-17)25-13-10-24-27(11-13)5-6-29/h3-4,7,10-11,14-16,29H,1-2,5-6,8-9H2,(H,23,25,26). The Bertz CT molecular complexity index is 1010. The van der Waals surface area contributed by atoms with E-state index >= 15 is 0 Å². The van der Waals surface area contributed by atoms with E-state index in [2.05, 4.69) is 20.4 Å². The highest BCUT2D eigenvalue weighted by Gasteiger charge is 2.63. The van der Waals surface area contributed by atoms with Crippen molar-refractivity contribution in [2.75, 3.05) is 11.9 Å². The number of nitrogens with zero attached hydrogens (tertiary/aromatic N) is 5. The summed E-state index contributed by atoms with van der Waals surface area (Å²) < 4.78 is 28.4. The highest BCUT2D eigenvalue weighted by molar-refractivity contribution is 5.85. The van der Waals surface area contributed by atoms with Crippen molar-refractivity contribution in [2.45, 2.75) is 50.2 Å². The van der Waals surface area contributed by atoms with E-state index in [0.717, 1.165) is 24.1 Å². The molecule has 2 aromatic heterocycles. The number of amides is 1. The number of halogens is 2. The number of carbonyl (C=O) groups excluding carboxylic acids is 1. The molecule has 10 heteroatoms. The van der Waals surface area contributed by atoms with Crippen LogP contribution in [0.25, 0.3) is 5.57 Å². The van der Waals surface area contributed by atoms with Crippen molar-refractivity contribution in [1.29, 1.82) is 0 Å². The van der Waals surface area contributed by atoms with Crippen LogP contribution in [-0.2, 0) is 11.3 Å². The van der Waals surface area contributed by atoms with Gasteiger partial charge in [-0.1, -0.05) is 6.08 Å². The molecule has 5 rings (SSSR count). The van der Waals surface area contributed by atoms with Crippen LogP contribution in [0.4, 0.5) is 20.4 Å². The second kappa shape index (κ2) is 7.12. The summed E-state index contributed by atoms with van der Waals surface area (Å²) in [6.45, 7) is 0.405. The second-order valence-corrected chi connectivity index (χ2v) is 8.06. The average molecular weight is 416 g/mol. The van der Waals surface area contributed by atoms with Gasteiger partial charge in [-0.15, -0.1) is 0 Å². The molecular formula is C20H22F2N6O2. The van der Waals surface area contributed by atoms with Gasteiger partial charge in [-0.3, -0.25) is 9.48 Å². The monoisotopic (exact) mass is 416 g/mol. The number of alkyl halides is 2. The predicted octanol–water partition coefficient (Wildman–Crippen LogP) is 2.21. The lowest BCUT2D eigenvalue weighted by Gasteiger charge is -2.34. The van der Waals surface area contributed by atoms with Crippen molar-refractivity contribution >= 4 is 23.1 Å². The van der Waals surface area contributed by atoms with E-state index in [1.807, 2.05) is 12.1 Å². The maximum absolute atomic E-state index is 13.4. The molecule has 1 aliphatic carbocycles. The molecule has 3 atom stereocenters. The molecule has 0 aromatic carbocycles. The first-order valence-electron chi connectivity index (χ1n) is 10.1. The van der Waals surface area contributed by atoms with Crippen LogP contribution in [0.5, 0.6) is 0 Å². The van der Waals surface area contributed by atoms with Crippen molar-refractivity contribution in [3.63, 3.8) is 0 Å². The third kappa shape index (κ3) is 3.45. The first kappa shape index (κ1) is 19.1. The van der Waals surface area contributed by atoms with Crippen LogP contribution in [0.1, 0.15) is 31.4 Å². The van der Waals surface area contributed by atoms with Gasteiger partial charge in [0.2, 0.25) is 11.9 Å². The van der Waals surface area contributed by atoms with Gasteiger partial charge in [0.05, 0.1) is 36.8 Å². The number of fused-ring (bicyclic) bond motifs is 2. The molecule has 30 heavy (non-hydrogen) atoms. The third-order valence-electron chi connectivity index (χ3n) is 5.98. The third-order valence-corrected chi connectivity index (χ3v) is 5.98. The van der Waals surface area contributed by atoms with Gasteiger partial charge in [-0.2, -0.15) is 5.10 Å². The summed E-state index contributed by atoms with van der Waals surface area (Å²) in [6.07, 6.45) is 8.92. The van der Waals surface area contributed by atoms with E-state index in [0.29, 0.717) is 24.6 Å². The molecule has 158 valence electrons. The van der Waals surface area contributed by atoms with Gasteiger partial charge < -0.3 is 15.3 Å². The lowest BCUT2D eigenvalue weighted by molar-refractivity contribution is -0.137. The number of aliphatic hydroxyl groups is 1. The van der Waals surface area contributed by atoms with E-state index in [9.17, 15) is 13.6 Å². The smallest absolute Gasteiger partial charge is 0.260 e. The summed E-state index contributed by atoms with van der Waals surface area (Å²) in [4.78, 5) is 23.0. The van der Waals surface area contributed by atoms with Crippen molar-refractivity contribution in [3.8, 4) is 0 Å². The lowest BCUT2D eigenvalue weighted by Crippen LogP contribution is -2.44. The Morgan fingerprint density at radius 1 is 1.37 bits per heavy atom. The SMILES string of the molecule is O=C(C1CC1(F)F)N1C2C=C(c3ccnc(Nc4cnn(CCO)c4)n3)CC1CC2. The molecule has 2 fully saturated rings. The van der Waals surface area contributed by atoms with Crippen LogP contribution in [0.15, 0.2) is 30.7 Å². The molecule has 0 radical (unpaired) electrons. The normalized spacial score (nSPS) is 26.4. The topological polar surface area (TPSA) is 96.2 Å². The number of nitrogens with one attached hydrogen (secondary N) is 1. The molecule has 2 aromatic rings. The highest BCUT2D eigenvalue weighted by Crippen LogP contribution is 2.51. The summed E-state index contributed by atoms with van der Waals surface area (Å²) in [5, 5.41) is 16.2. The van der Waals surface area contributed by atoms with Crippen LogP contribution < -0.4 is 5.32 Å². The van der Waals surface area contributed by atoms with Crippen molar-refractivity contribution in [1.82, 2.24) is 24.6 Å². The fourth-order valence-electron chi connectivity index (χ4n) is 4.40. The minimum atomic E-state index is -2.83. The molecule has 8 nitrogen and oxygen atoms in total. The Hall–Kier alpha value is -2.88. The summed E-state index contributed by atoms with van der Waals surface area (Å²) in [6, 6.07) is 1.62. The van der Waals surface area contributed by atoms with Gasteiger partial charge in [0, 0.05) is 24.9 Å². The maximum Gasteiger partial charge on any atom is 0.260 e. The zero-order chi connectivity index (χ0) is 20.9. The van der Waals surface area contributed by atoms with E-state index in [1.54, 1.807) is 28.2 Å². The lowest BCUT2D eigenvalue weighted by atomic mass is 9.98. The molecule has 2 N–H and O–H groups in total. The van der Waals surface area contributed by atoms with Crippen molar-refractivity contribution in [3.05, 3.63) is 36.4 Å².